The van der Waals surface area contributed by atoms with Gasteiger partial charge in [-0.1, -0.05) is 62.9 Å². The van der Waals surface area contributed by atoms with Gasteiger partial charge in [-0.05, 0) is 48.8 Å². The molecule has 0 aliphatic carbocycles. The Balaban J connectivity index is 1.48. The molecule has 0 fully saturated rings. The molecule has 0 bridgehead atoms. The molecule has 0 radical (unpaired) electrons. The standard InChI is InChI=1S/C34H37N7O6/c1-4-6-7-8-14-22-47-34(45)41(33(44)40(5-2)24-15-10-9-11-16-24)28-20-23-46-29(28)30(38-41)37-31(42)25-17-12-13-18-26(25)36-32(43)27-19-21-35-39(27)3/h9-13,15-21,23H,4-8,14,22H2,1-3H3,(H-,36,37,38,42,43)/p+1. The minimum atomic E-state index is -1.22. The fourth-order valence-electron chi connectivity index (χ4n) is 5.35. The van der Waals surface area contributed by atoms with E-state index in [0.717, 1.165) is 25.7 Å². The highest BCUT2D eigenvalue weighted by Crippen LogP contribution is 2.39. The zero-order valence-electron chi connectivity index (χ0n) is 26.6. The van der Waals surface area contributed by atoms with Crippen LogP contribution in [0.2, 0.25) is 0 Å². The molecule has 5 amide bonds. The number of aromatic nitrogens is 2. The average Bonchev–Trinajstić information content (AvgIpc) is 3.81. The molecule has 1 atom stereocenters. The molecule has 2 N–H and O–H groups in total. The van der Waals surface area contributed by atoms with Gasteiger partial charge in [0.2, 0.25) is 17.3 Å². The predicted octanol–water partition coefficient (Wildman–Crippen LogP) is 6.43. The molecule has 13 heteroatoms. The van der Waals surface area contributed by atoms with Gasteiger partial charge in [-0.2, -0.15) is 9.89 Å². The van der Waals surface area contributed by atoms with E-state index in [4.69, 9.17) is 9.15 Å². The van der Waals surface area contributed by atoms with Gasteiger partial charge in [-0.25, -0.2) is 4.79 Å². The second kappa shape index (κ2) is 14.7. The van der Waals surface area contributed by atoms with Crippen molar-refractivity contribution in [3.63, 3.8) is 0 Å². The summed E-state index contributed by atoms with van der Waals surface area (Å²) in [4.78, 5) is 56.6. The highest BCUT2D eigenvalue weighted by molar-refractivity contribution is 6.23. The zero-order valence-corrected chi connectivity index (χ0v) is 26.6. The molecule has 4 aromatic rings. The number of rotatable bonds is 11. The number of amides is 5. The maximum atomic E-state index is 14.5. The maximum Gasteiger partial charge on any atom is 0.558 e. The molecular formula is C34H38N7O6+. The minimum absolute atomic E-state index is 0.0344. The largest absolute Gasteiger partial charge is 0.558 e. The molecule has 2 aromatic heterocycles. The lowest BCUT2D eigenvalue weighted by Crippen LogP contribution is -2.59. The molecule has 1 unspecified atom stereocenters. The number of nitrogens with zero attached hydrogens (tertiary/aromatic N) is 5. The lowest BCUT2D eigenvalue weighted by Gasteiger charge is -2.27. The van der Waals surface area contributed by atoms with Crippen LogP contribution in [0.3, 0.4) is 0 Å². The summed E-state index contributed by atoms with van der Waals surface area (Å²) in [5, 5.41) is 14.0. The lowest BCUT2D eigenvalue weighted by molar-refractivity contribution is 0.0974. The summed E-state index contributed by atoms with van der Waals surface area (Å²) in [6, 6.07) is 17.7. The van der Waals surface area contributed by atoms with Crippen molar-refractivity contribution in [2.24, 2.45) is 12.1 Å². The second-order valence-corrected chi connectivity index (χ2v) is 10.9. The Labute approximate surface area is 272 Å². The Morgan fingerprint density at radius 3 is 2.36 bits per heavy atom. The molecule has 13 nitrogen and oxygen atoms in total. The number of quaternary nitrogens is 1. The average molecular weight is 641 g/mol. The number of aryl methyl sites for hydroxylation is 1. The number of unbranched alkanes of at least 4 members (excludes halogenated alkanes) is 4. The SMILES string of the molecule is CCCCCCCOC(=O)[N+]1(C(=O)N(CC)c2ccccc2)N=C(NC(=O)c2ccccc2NC(=O)c2ccnn2C)c2occc21. The highest BCUT2D eigenvalue weighted by Gasteiger charge is 2.60. The van der Waals surface area contributed by atoms with E-state index in [1.165, 1.54) is 34.2 Å². The summed E-state index contributed by atoms with van der Waals surface area (Å²) in [5.41, 5.74) is 1.30. The van der Waals surface area contributed by atoms with Crippen LogP contribution in [0.15, 0.2) is 88.7 Å². The van der Waals surface area contributed by atoms with E-state index in [1.807, 2.05) is 6.07 Å². The van der Waals surface area contributed by atoms with Gasteiger partial charge < -0.3 is 14.5 Å². The number of carbonyl (C=O) groups is 4. The maximum absolute atomic E-state index is 14.5. The Bertz CT molecular complexity index is 1780. The van der Waals surface area contributed by atoms with Gasteiger partial charge in [0.15, 0.2) is 0 Å². The van der Waals surface area contributed by atoms with E-state index in [1.54, 1.807) is 62.5 Å². The van der Waals surface area contributed by atoms with Crippen LogP contribution in [-0.2, 0) is 11.8 Å². The van der Waals surface area contributed by atoms with E-state index in [9.17, 15) is 19.2 Å². The molecule has 1 aliphatic rings. The number of benzene rings is 2. The molecule has 1 aliphatic heterocycles. The highest BCUT2D eigenvalue weighted by atomic mass is 16.6. The van der Waals surface area contributed by atoms with Gasteiger partial charge in [-0.15, -0.1) is 0 Å². The number of imide groups is 1. The normalized spacial score (nSPS) is 15.0. The second-order valence-electron chi connectivity index (χ2n) is 10.9. The third-order valence-corrected chi connectivity index (χ3v) is 7.79. The number of carbonyl (C=O) groups excluding carboxylic acids is 4. The quantitative estimate of drug-likeness (QED) is 0.142. The number of anilines is 2. The van der Waals surface area contributed by atoms with Crippen LogP contribution in [-0.4, -0.2) is 52.7 Å². The number of nitrogens with one attached hydrogen (secondary N) is 2. The minimum Gasteiger partial charge on any atom is -0.454 e. The van der Waals surface area contributed by atoms with Crippen LogP contribution in [0.25, 0.3) is 0 Å². The van der Waals surface area contributed by atoms with Crippen molar-refractivity contribution in [3.05, 3.63) is 96.2 Å². The number of hydrogen-bond donors (Lipinski definition) is 2. The first-order valence-corrected chi connectivity index (χ1v) is 15.6. The van der Waals surface area contributed by atoms with Crippen molar-refractivity contribution in [2.75, 3.05) is 23.4 Å². The van der Waals surface area contributed by atoms with Gasteiger partial charge >= 0.3 is 12.1 Å². The fraction of sp³-hybridized carbons (Fsp3) is 0.294. The van der Waals surface area contributed by atoms with Crippen LogP contribution >= 0.6 is 0 Å². The molecule has 0 spiro atoms. The van der Waals surface area contributed by atoms with E-state index in [0.29, 0.717) is 17.8 Å². The Hall–Kier alpha value is -5.56. The van der Waals surface area contributed by atoms with Crippen molar-refractivity contribution in [1.82, 2.24) is 19.7 Å². The lowest BCUT2D eigenvalue weighted by atomic mass is 10.1. The van der Waals surface area contributed by atoms with Crippen molar-refractivity contribution in [3.8, 4) is 0 Å². The monoisotopic (exact) mass is 640 g/mol. The molecule has 47 heavy (non-hydrogen) atoms. The molecule has 3 heterocycles. The molecular weight excluding hydrogens is 602 g/mol. The third kappa shape index (κ3) is 6.70. The van der Waals surface area contributed by atoms with E-state index < -0.39 is 28.5 Å². The number of amidine groups is 1. The van der Waals surface area contributed by atoms with Crippen molar-refractivity contribution < 1.29 is 28.3 Å². The molecule has 244 valence electrons. The number of ether oxygens (including phenoxy) is 1. The van der Waals surface area contributed by atoms with Gasteiger partial charge in [0.1, 0.15) is 5.69 Å². The molecule has 2 aromatic carbocycles. The predicted molar refractivity (Wildman–Crippen MR) is 177 cm³/mol. The summed E-state index contributed by atoms with van der Waals surface area (Å²) in [5.74, 6) is -1.22. The van der Waals surface area contributed by atoms with Gasteiger partial charge in [0, 0.05) is 36.1 Å². The first-order chi connectivity index (χ1) is 22.8. The molecule has 0 saturated heterocycles. The van der Waals surface area contributed by atoms with Crippen LogP contribution in [0.5, 0.6) is 0 Å². The summed E-state index contributed by atoms with van der Waals surface area (Å²) in [6.07, 6.45) is 6.56. The van der Waals surface area contributed by atoms with Crippen LogP contribution in [0.1, 0.15) is 72.6 Å². The van der Waals surface area contributed by atoms with E-state index in [-0.39, 0.29) is 41.7 Å². The molecule has 5 rings (SSSR count). The van der Waals surface area contributed by atoms with Crippen LogP contribution < -0.4 is 20.1 Å². The smallest absolute Gasteiger partial charge is 0.454 e. The van der Waals surface area contributed by atoms with Gasteiger partial charge in [0.05, 0.1) is 24.1 Å². The Morgan fingerprint density at radius 1 is 0.894 bits per heavy atom. The van der Waals surface area contributed by atoms with E-state index in [2.05, 4.69) is 27.8 Å². The fourth-order valence-corrected chi connectivity index (χ4v) is 5.35. The summed E-state index contributed by atoms with van der Waals surface area (Å²) >= 11 is 0. The van der Waals surface area contributed by atoms with Crippen molar-refractivity contribution in [1.29, 1.82) is 0 Å². The number of para-hydroxylation sites is 2. The third-order valence-electron chi connectivity index (χ3n) is 7.79. The van der Waals surface area contributed by atoms with E-state index >= 15 is 0 Å². The number of furan rings is 1. The first-order valence-electron chi connectivity index (χ1n) is 15.6. The first kappa shape index (κ1) is 32.8. The van der Waals surface area contributed by atoms with Crippen molar-refractivity contribution in [2.45, 2.75) is 46.0 Å². The van der Waals surface area contributed by atoms with Crippen molar-refractivity contribution >= 4 is 46.8 Å². The Morgan fingerprint density at radius 2 is 1.64 bits per heavy atom. The van der Waals surface area contributed by atoms with Gasteiger partial charge in [0.25, 0.3) is 11.8 Å². The number of urea groups is 1. The Kier molecular flexibility index (Phi) is 10.3. The molecule has 0 saturated carbocycles. The van der Waals surface area contributed by atoms with Crippen LogP contribution in [0.4, 0.5) is 26.7 Å². The number of fused-ring (bicyclic) bond motifs is 1. The zero-order chi connectivity index (χ0) is 33.4. The topological polar surface area (TPSA) is 148 Å². The summed E-state index contributed by atoms with van der Waals surface area (Å²) in [7, 11) is 1.63. The summed E-state index contributed by atoms with van der Waals surface area (Å²) < 4.78 is 11.6. The van der Waals surface area contributed by atoms with Crippen LogP contribution in [0, 0.1) is 0 Å². The van der Waals surface area contributed by atoms with Gasteiger partial charge in [-0.3, -0.25) is 24.5 Å². The summed E-state index contributed by atoms with van der Waals surface area (Å²) in [6.45, 7) is 4.23. The number of hydrogen-bond acceptors (Lipinski definition) is 8.